The van der Waals surface area contributed by atoms with Crippen molar-refractivity contribution in [1.29, 1.82) is 0 Å². The fourth-order valence-corrected chi connectivity index (χ4v) is 3.78. The van der Waals surface area contributed by atoms with Crippen LogP contribution in [0.25, 0.3) is 0 Å². The van der Waals surface area contributed by atoms with Gasteiger partial charge in [-0.1, -0.05) is 30.2 Å². The number of nitrogens with one attached hydrogen (secondary N) is 2. The third-order valence-corrected chi connectivity index (χ3v) is 5.68. The van der Waals surface area contributed by atoms with Crippen LogP contribution in [0.15, 0.2) is 48.5 Å². The topological polar surface area (TPSA) is 68.8 Å². The van der Waals surface area contributed by atoms with E-state index in [2.05, 4.69) is 28.7 Å². The first-order valence-corrected chi connectivity index (χ1v) is 10.5. The van der Waals surface area contributed by atoms with Gasteiger partial charge < -0.3 is 24.8 Å². The molecule has 1 fully saturated rings. The number of terminal acetylenes is 1. The van der Waals surface area contributed by atoms with E-state index in [4.69, 9.17) is 20.6 Å². The van der Waals surface area contributed by atoms with Crippen LogP contribution in [0.5, 0.6) is 11.5 Å². The second kappa shape index (κ2) is 11.3. The predicted octanol–water partition coefficient (Wildman–Crippen LogP) is 3.30. The minimum Gasteiger partial charge on any atom is -0.497 e. The maximum absolute atomic E-state index is 12.4. The van der Waals surface area contributed by atoms with Gasteiger partial charge >= 0.3 is 6.03 Å². The van der Waals surface area contributed by atoms with Crippen LogP contribution < -0.4 is 20.1 Å². The summed E-state index contributed by atoms with van der Waals surface area (Å²) in [5.41, 5.74) is 2.19. The molecule has 1 aliphatic heterocycles. The Morgan fingerprint density at radius 3 is 2.39 bits per heavy atom. The number of carbonyl (C=O) groups is 1. The highest BCUT2D eigenvalue weighted by atomic mass is 16.5. The van der Waals surface area contributed by atoms with Gasteiger partial charge in [-0.05, 0) is 54.7 Å². The van der Waals surface area contributed by atoms with Crippen molar-refractivity contribution in [2.24, 2.45) is 0 Å². The zero-order valence-electron chi connectivity index (χ0n) is 18.0. The smallest absolute Gasteiger partial charge is 0.314 e. The van der Waals surface area contributed by atoms with E-state index in [0.29, 0.717) is 26.3 Å². The largest absolute Gasteiger partial charge is 0.497 e. The Kier molecular flexibility index (Phi) is 8.19. The molecule has 0 atom stereocenters. The summed E-state index contributed by atoms with van der Waals surface area (Å²) in [6, 6.07) is 15.7. The van der Waals surface area contributed by atoms with Gasteiger partial charge in [0.15, 0.2) is 0 Å². The van der Waals surface area contributed by atoms with Gasteiger partial charge in [-0.2, -0.15) is 0 Å². The quantitative estimate of drug-likeness (QED) is 0.609. The van der Waals surface area contributed by atoms with Crippen molar-refractivity contribution in [1.82, 2.24) is 10.6 Å². The SMILES string of the molecule is C#CCOc1ccc(CCNC(=O)NCC2(c3ccc(OC)cc3)CCOCC2)cc1. The molecule has 0 aromatic heterocycles. The van der Waals surface area contributed by atoms with Crippen molar-refractivity contribution in [2.75, 3.05) is 40.0 Å². The molecule has 164 valence electrons. The minimum absolute atomic E-state index is 0.129. The summed E-state index contributed by atoms with van der Waals surface area (Å²) < 4.78 is 16.2. The molecule has 3 rings (SSSR count). The number of carbonyl (C=O) groups excluding carboxylic acids is 1. The predicted molar refractivity (Wildman–Crippen MR) is 121 cm³/mol. The van der Waals surface area contributed by atoms with Crippen LogP contribution in [-0.4, -0.2) is 46.1 Å². The van der Waals surface area contributed by atoms with E-state index in [1.54, 1.807) is 7.11 Å². The Morgan fingerprint density at radius 2 is 1.74 bits per heavy atom. The molecule has 1 aliphatic rings. The van der Waals surface area contributed by atoms with Crippen LogP contribution in [0.4, 0.5) is 4.79 Å². The third kappa shape index (κ3) is 6.40. The maximum Gasteiger partial charge on any atom is 0.314 e. The van der Waals surface area contributed by atoms with Crippen LogP contribution in [0, 0.1) is 12.3 Å². The number of hydrogen-bond donors (Lipinski definition) is 2. The van der Waals surface area contributed by atoms with E-state index in [9.17, 15) is 4.79 Å². The molecule has 2 N–H and O–H groups in total. The monoisotopic (exact) mass is 422 g/mol. The summed E-state index contributed by atoms with van der Waals surface area (Å²) in [4.78, 5) is 12.4. The van der Waals surface area contributed by atoms with Gasteiger partial charge in [0.25, 0.3) is 0 Å². The van der Waals surface area contributed by atoms with Gasteiger partial charge in [-0.15, -0.1) is 6.42 Å². The van der Waals surface area contributed by atoms with Gasteiger partial charge in [-0.3, -0.25) is 0 Å². The zero-order valence-corrected chi connectivity index (χ0v) is 18.0. The van der Waals surface area contributed by atoms with Crippen LogP contribution >= 0.6 is 0 Å². The Morgan fingerprint density at radius 1 is 1.06 bits per heavy atom. The summed E-state index contributed by atoms with van der Waals surface area (Å²) in [7, 11) is 1.66. The number of ether oxygens (including phenoxy) is 3. The minimum atomic E-state index is -0.159. The highest BCUT2D eigenvalue weighted by molar-refractivity contribution is 5.74. The first-order valence-electron chi connectivity index (χ1n) is 10.5. The van der Waals surface area contributed by atoms with Crippen molar-refractivity contribution in [3.8, 4) is 23.8 Å². The van der Waals surface area contributed by atoms with E-state index < -0.39 is 0 Å². The third-order valence-electron chi connectivity index (χ3n) is 5.68. The van der Waals surface area contributed by atoms with Gasteiger partial charge in [0.05, 0.1) is 7.11 Å². The maximum atomic E-state index is 12.4. The molecule has 0 radical (unpaired) electrons. The van der Waals surface area contributed by atoms with Crippen LogP contribution in [-0.2, 0) is 16.6 Å². The molecule has 2 amide bonds. The molecule has 1 saturated heterocycles. The molecule has 0 saturated carbocycles. The molecule has 0 bridgehead atoms. The number of methoxy groups -OCH3 is 1. The Hall–Kier alpha value is -3.17. The standard InChI is InChI=1S/C25H30N2O4/c1-3-16-31-23-8-4-20(5-9-23)12-15-26-24(28)27-19-25(13-17-30-18-14-25)21-6-10-22(29-2)11-7-21/h1,4-11H,12-19H2,2H3,(H2,26,27,28). The average molecular weight is 423 g/mol. The highest BCUT2D eigenvalue weighted by Gasteiger charge is 2.34. The highest BCUT2D eigenvalue weighted by Crippen LogP contribution is 2.35. The molecule has 1 heterocycles. The molecule has 6 nitrogen and oxygen atoms in total. The molecule has 0 unspecified atom stereocenters. The second-order valence-corrected chi connectivity index (χ2v) is 7.62. The molecular formula is C25H30N2O4. The average Bonchev–Trinajstić information content (AvgIpc) is 2.83. The van der Waals surface area contributed by atoms with Crippen molar-refractivity contribution in [3.63, 3.8) is 0 Å². The summed E-state index contributed by atoms with van der Waals surface area (Å²) in [5.74, 6) is 4.01. The van der Waals surface area contributed by atoms with Gasteiger partial charge in [0.1, 0.15) is 18.1 Å². The van der Waals surface area contributed by atoms with Gasteiger partial charge in [0.2, 0.25) is 0 Å². The molecule has 6 heteroatoms. The Labute approximate surface area is 184 Å². The van der Waals surface area contributed by atoms with E-state index >= 15 is 0 Å². The zero-order chi connectivity index (χ0) is 21.9. The fraction of sp³-hybridized carbons (Fsp3) is 0.400. The number of benzene rings is 2. The van der Waals surface area contributed by atoms with E-state index in [-0.39, 0.29) is 18.1 Å². The summed E-state index contributed by atoms with van der Waals surface area (Å²) in [6.45, 7) is 2.75. The van der Waals surface area contributed by atoms with Crippen molar-refractivity contribution < 1.29 is 19.0 Å². The first kappa shape index (κ1) is 22.5. The first-order chi connectivity index (χ1) is 15.1. The number of rotatable bonds is 9. The molecule has 2 aromatic carbocycles. The van der Waals surface area contributed by atoms with E-state index in [1.165, 1.54) is 5.56 Å². The normalized spacial score (nSPS) is 14.8. The fourth-order valence-electron chi connectivity index (χ4n) is 3.78. The lowest BCUT2D eigenvalue weighted by Crippen LogP contribution is -2.47. The molecule has 2 aromatic rings. The molecule has 0 spiro atoms. The lowest BCUT2D eigenvalue weighted by molar-refractivity contribution is 0.0507. The number of urea groups is 1. The van der Waals surface area contributed by atoms with Crippen LogP contribution in [0.3, 0.4) is 0 Å². The van der Waals surface area contributed by atoms with Crippen molar-refractivity contribution in [3.05, 3.63) is 59.7 Å². The lowest BCUT2D eigenvalue weighted by Gasteiger charge is -2.38. The Balaban J connectivity index is 1.49. The van der Waals surface area contributed by atoms with Crippen LogP contribution in [0.1, 0.15) is 24.0 Å². The second-order valence-electron chi connectivity index (χ2n) is 7.62. The lowest BCUT2D eigenvalue weighted by atomic mass is 9.74. The molecule has 0 aliphatic carbocycles. The number of amides is 2. The summed E-state index contributed by atoms with van der Waals surface area (Å²) >= 11 is 0. The van der Waals surface area contributed by atoms with Crippen molar-refractivity contribution in [2.45, 2.75) is 24.7 Å². The number of hydrogen-bond acceptors (Lipinski definition) is 4. The summed E-state index contributed by atoms with van der Waals surface area (Å²) in [5, 5.41) is 6.01. The van der Waals surface area contributed by atoms with Crippen molar-refractivity contribution >= 4 is 6.03 Å². The van der Waals surface area contributed by atoms with Crippen LogP contribution in [0.2, 0.25) is 0 Å². The van der Waals surface area contributed by atoms with E-state index in [0.717, 1.165) is 36.3 Å². The molecular weight excluding hydrogens is 392 g/mol. The van der Waals surface area contributed by atoms with Gasteiger partial charge in [0, 0.05) is 31.7 Å². The van der Waals surface area contributed by atoms with Gasteiger partial charge in [-0.25, -0.2) is 4.79 Å². The Bertz CT molecular complexity index is 866. The summed E-state index contributed by atoms with van der Waals surface area (Å²) in [6.07, 6.45) is 7.67. The van der Waals surface area contributed by atoms with E-state index in [1.807, 2.05) is 36.4 Å². The molecule has 31 heavy (non-hydrogen) atoms.